The third kappa shape index (κ3) is 2.50. The van der Waals surface area contributed by atoms with Gasteiger partial charge in [-0.25, -0.2) is 4.79 Å². The van der Waals surface area contributed by atoms with Crippen LogP contribution in [0.4, 0.5) is 0 Å². The van der Waals surface area contributed by atoms with Crippen LogP contribution in [-0.2, 0) is 19.1 Å². The number of carboxylic acids is 1. The molecule has 94 valence electrons. The minimum atomic E-state index is -1.03. The Morgan fingerprint density at radius 1 is 1.47 bits per heavy atom. The number of carboxylic acid groups (broad SMARTS) is 1. The first-order valence-electron chi connectivity index (χ1n) is 5.39. The lowest BCUT2D eigenvalue weighted by Gasteiger charge is -2.34. The van der Waals surface area contributed by atoms with Crippen LogP contribution in [0.25, 0.3) is 0 Å². The minimum Gasteiger partial charge on any atom is -0.494 e. The van der Waals surface area contributed by atoms with Gasteiger partial charge in [0.1, 0.15) is 25.5 Å². The largest absolute Gasteiger partial charge is 0.494 e. The molecule has 0 spiro atoms. The molecule has 0 aromatic rings. The molecule has 2 aliphatic heterocycles. The van der Waals surface area contributed by atoms with Crippen molar-refractivity contribution in [3.8, 4) is 0 Å². The molecular weight excluding hydrogens is 228 g/mol. The number of rotatable bonds is 2. The molecule has 2 aliphatic rings. The van der Waals surface area contributed by atoms with Crippen LogP contribution in [0.1, 0.15) is 0 Å². The van der Waals surface area contributed by atoms with Crippen molar-refractivity contribution in [3.63, 3.8) is 0 Å². The molecule has 1 atom stereocenters. The molecule has 1 unspecified atom stereocenters. The normalized spacial score (nSPS) is 24.4. The second kappa shape index (κ2) is 5.05. The maximum atomic E-state index is 12.0. The van der Waals surface area contributed by atoms with E-state index in [1.807, 2.05) is 0 Å². The summed E-state index contributed by atoms with van der Waals surface area (Å²) in [7, 11) is 0. The Bertz CT molecular complexity index is 355. The average Bonchev–Trinajstić information content (AvgIpc) is 2.39. The van der Waals surface area contributed by atoms with Gasteiger partial charge in [-0.1, -0.05) is 0 Å². The van der Waals surface area contributed by atoms with E-state index >= 15 is 0 Å². The quantitative estimate of drug-likeness (QED) is 0.629. The Morgan fingerprint density at radius 3 is 2.94 bits per heavy atom. The van der Waals surface area contributed by atoms with Crippen LogP contribution in [0.2, 0.25) is 0 Å². The summed E-state index contributed by atoms with van der Waals surface area (Å²) in [6.45, 7) is 1.87. The van der Waals surface area contributed by atoms with E-state index in [-0.39, 0.29) is 12.3 Å². The van der Waals surface area contributed by atoms with Crippen molar-refractivity contribution in [2.24, 2.45) is 0 Å². The smallest absolute Gasteiger partial charge is 0.327 e. The Kier molecular flexibility index (Phi) is 3.48. The summed E-state index contributed by atoms with van der Waals surface area (Å²) in [5, 5.41) is 12.0. The van der Waals surface area contributed by atoms with Crippen LogP contribution in [0.15, 0.2) is 12.0 Å². The van der Waals surface area contributed by atoms with Gasteiger partial charge in [0.05, 0.1) is 0 Å². The third-order valence-corrected chi connectivity index (χ3v) is 2.65. The van der Waals surface area contributed by atoms with Crippen LogP contribution >= 0.6 is 0 Å². The molecular formula is C10H14N2O5. The number of nitrogens with zero attached hydrogens (tertiary/aromatic N) is 1. The molecule has 0 saturated carbocycles. The monoisotopic (exact) mass is 242 g/mol. The van der Waals surface area contributed by atoms with E-state index < -0.39 is 17.9 Å². The number of nitrogens with one attached hydrogen (secondary N) is 1. The van der Waals surface area contributed by atoms with Crippen molar-refractivity contribution < 1.29 is 24.2 Å². The molecule has 1 amide bonds. The highest BCUT2D eigenvalue weighted by Crippen LogP contribution is 2.13. The van der Waals surface area contributed by atoms with E-state index in [1.54, 1.807) is 0 Å². The highest BCUT2D eigenvalue weighted by Gasteiger charge is 2.34. The lowest BCUT2D eigenvalue weighted by atomic mass is 10.2. The summed E-state index contributed by atoms with van der Waals surface area (Å²) < 4.78 is 10.1. The molecule has 2 heterocycles. The van der Waals surface area contributed by atoms with Crippen LogP contribution in [0.5, 0.6) is 0 Å². The van der Waals surface area contributed by atoms with Gasteiger partial charge >= 0.3 is 5.97 Å². The number of hydrogen-bond donors (Lipinski definition) is 2. The zero-order valence-electron chi connectivity index (χ0n) is 9.22. The Labute approximate surface area is 98.0 Å². The number of hydrogen-bond acceptors (Lipinski definition) is 5. The van der Waals surface area contributed by atoms with E-state index in [9.17, 15) is 9.59 Å². The van der Waals surface area contributed by atoms with E-state index in [4.69, 9.17) is 14.6 Å². The second-order valence-corrected chi connectivity index (χ2v) is 3.76. The van der Waals surface area contributed by atoms with E-state index in [0.717, 1.165) is 0 Å². The van der Waals surface area contributed by atoms with Crippen LogP contribution < -0.4 is 5.32 Å². The fourth-order valence-electron chi connectivity index (χ4n) is 1.79. The van der Waals surface area contributed by atoms with Crippen molar-refractivity contribution >= 4 is 11.9 Å². The van der Waals surface area contributed by atoms with Crippen LogP contribution in [0, 0.1) is 0 Å². The van der Waals surface area contributed by atoms with Gasteiger partial charge in [0, 0.05) is 19.6 Å². The summed E-state index contributed by atoms with van der Waals surface area (Å²) in [5.74, 6) is -1.38. The molecule has 0 aromatic carbocycles. The first-order valence-corrected chi connectivity index (χ1v) is 5.39. The van der Waals surface area contributed by atoms with Gasteiger partial charge in [-0.3, -0.25) is 4.79 Å². The lowest BCUT2D eigenvalue weighted by Crippen LogP contribution is -2.57. The van der Waals surface area contributed by atoms with Crippen molar-refractivity contribution in [2.75, 3.05) is 32.8 Å². The first kappa shape index (κ1) is 11.7. The SMILES string of the molecule is O=C(O)C1CNCCN1C(=O)C1=COCCO1. The van der Waals surface area contributed by atoms with Crippen molar-refractivity contribution in [1.82, 2.24) is 10.2 Å². The number of carbonyl (C=O) groups is 2. The molecule has 2 N–H and O–H groups in total. The number of aliphatic carboxylic acids is 1. The zero-order chi connectivity index (χ0) is 12.3. The summed E-state index contributed by atoms with van der Waals surface area (Å²) in [6, 6.07) is -0.859. The standard InChI is InChI=1S/C10H14N2O5/c13-9(8-6-16-3-4-17-8)12-2-1-11-5-7(12)10(14)15/h6-7,11H,1-5H2,(H,14,15). The molecule has 0 radical (unpaired) electrons. The summed E-state index contributed by atoms with van der Waals surface area (Å²) in [6.07, 6.45) is 1.24. The van der Waals surface area contributed by atoms with E-state index in [2.05, 4.69) is 5.32 Å². The Balaban J connectivity index is 2.10. The van der Waals surface area contributed by atoms with Gasteiger partial charge in [-0.05, 0) is 0 Å². The highest BCUT2D eigenvalue weighted by atomic mass is 16.6. The van der Waals surface area contributed by atoms with Crippen LogP contribution in [-0.4, -0.2) is 60.8 Å². The maximum absolute atomic E-state index is 12.0. The molecule has 0 aliphatic carbocycles. The molecule has 2 rings (SSSR count). The van der Waals surface area contributed by atoms with Gasteiger partial charge < -0.3 is 24.8 Å². The van der Waals surface area contributed by atoms with E-state index in [0.29, 0.717) is 26.3 Å². The summed E-state index contributed by atoms with van der Waals surface area (Å²) >= 11 is 0. The average molecular weight is 242 g/mol. The molecule has 7 nitrogen and oxygen atoms in total. The third-order valence-electron chi connectivity index (χ3n) is 2.65. The van der Waals surface area contributed by atoms with Crippen molar-refractivity contribution in [3.05, 3.63) is 12.0 Å². The first-order chi connectivity index (χ1) is 8.20. The number of carbonyl (C=O) groups excluding carboxylic acids is 1. The predicted octanol–water partition coefficient (Wildman–Crippen LogP) is -1.24. The molecule has 17 heavy (non-hydrogen) atoms. The maximum Gasteiger partial charge on any atom is 0.327 e. The van der Waals surface area contributed by atoms with Gasteiger partial charge in [-0.15, -0.1) is 0 Å². The molecule has 1 saturated heterocycles. The Morgan fingerprint density at radius 2 is 2.29 bits per heavy atom. The highest BCUT2D eigenvalue weighted by molar-refractivity contribution is 5.94. The minimum absolute atomic E-state index is 0.0735. The number of ether oxygens (including phenoxy) is 2. The Hall–Kier alpha value is -1.76. The lowest BCUT2D eigenvalue weighted by molar-refractivity contribution is -0.151. The van der Waals surface area contributed by atoms with Crippen molar-refractivity contribution in [1.29, 1.82) is 0 Å². The summed E-state index contributed by atoms with van der Waals surface area (Å²) in [4.78, 5) is 24.3. The molecule has 0 aromatic heterocycles. The van der Waals surface area contributed by atoms with Gasteiger partial charge in [-0.2, -0.15) is 0 Å². The molecule has 7 heteroatoms. The molecule has 1 fully saturated rings. The van der Waals surface area contributed by atoms with Gasteiger partial charge in [0.25, 0.3) is 5.91 Å². The van der Waals surface area contributed by atoms with Crippen LogP contribution in [0.3, 0.4) is 0 Å². The number of amides is 1. The number of piperazine rings is 1. The van der Waals surface area contributed by atoms with Crippen molar-refractivity contribution in [2.45, 2.75) is 6.04 Å². The zero-order valence-corrected chi connectivity index (χ0v) is 9.22. The second-order valence-electron chi connectivity index (χ2n) is 3.76. The fraction of sp³-hybridized carbons (Fsp3) is 0.600. The molecule has 0 bridgehead atoms. The summed E-state index contributed by atoms with van der Waals surface area (Å²) in [5.41, 5.74) is 0. The fourth-order valence-corrected chi connectivity index (χ4v) is 1.79. The van der Waals surface area contributed by atoms with E-state index in [1.165, 1.54) is 11.2 Å². The van der Waals surface area contributed by atoms with Gasteiger partial charge in [0.15, 0.2) is 0 Å². The predicted molar refractivity (Wildman–Crippen MR) is 56.0 cm³/mol. The van der Waals surface area contributed by atoms with Gasteiger partial charge in [0.2, 0.25) is 5.76 Å². The topological polar surface area (TPSA) is 88.1 Å².